The molecule has 0 aliphatic carbocycles. The van der Waals surface area contributed by atoms with Gasteiger partial charge in [-0.3, -0.25) is 4.79 Å². The predicted molar refractivity (Wildman–Crippen MR) is 59.6 cm³/mol. The van der Waals surface area contributed by atoms with Crippen LogP contribution in [0.4, 0.5) is 0 Å². The normalized spacial score (nSPS) is 12.1. The summed E-state index contributed by atoms with van der Waals surface area (Å²) < 4.78 is 4.79. The number of nitrogens with two attached hydrogens (primary N) is 1. The highest BCUT2D eigenvalue weighted by molar-refractivity contribution is 7.99. The number of hydrogen-bond donors (Lipinski definition) is 1. The van der Waals surface area contributed by atoms with Crippen molar-refractivity contribution in [2.45, 2.75) is 18.0 Å². The second-order valence-electron chi connectivity index (χ2n) is 2.84. The summed E-state index contributed by atoms with van der Waals surface area (Å²) in [5, 5.41) is 0.859. The Hall–Kier alpha value is -1.07. The van der Waals surface area contributed by atoms with Gasteiger partial charge in [-0.15, -0.1) is 11.8 Å². The van der Waals surface area contributed by atoms with Gasteiger partial charge in [0.2, 0.25) is 0 Å². The van der Waals surface area contributed by atoms with Crippen molar-refractivity contribution in [3.05, 3.63) is 24.4 Å². The minimum absolute atomic E-state index is 0.360. The number of carbonyl (C=O) groups excluding carboxylic acids is 1. The summed E-state index contributed by atoms with van der Waals surface area (Å²) in [6.07, 6.45) is 1.71. The Kier molecular flexibility index (Phi) is 5.14. The smallest absolute Gasteiger partial charge is 0.323 e. The molecule has 0 amide bonds. The van der Waals surface area contributed by atoms with E-state index in [1.165, 1.54) is 11.8 Å². The van der Waals surface area contributed by atoms with Gasteiger partial charge >= 0.3 is 5.97 Å². The van der Waals surface area contributed by atoms with Gasteiger partial charge in [0.15, 0.2) is 0 Å². The number of esters is 1. The van der Waals surface area contributed by atoms with Crippen LogP contribution in [-0.2, 0) is 9.53 Å². The molecule has 0 bridgehead atoms. The van der Waals surface area contributed by atoms with Crippen molar-refractivity contribution in [3.63, 3.8) is 0 Å². The number of rotatable bonds is 5. The fraction of sp³-hybridized carbons (Fsp3) is 0.400. The third kappa shape index (κ3) is 4.31. The SMILES string of the molecule is CCOC(=O)C(N)CSc1ccccn1. The summed E-state index contributed by atoms with van der Waals surface area (Å²) in [6, 6.07) is 5.03. The maximum absolute atomic E-state index is 11.2. The van der Waals surface area contributed by atoms with Gasteiger partial charge < -0.3 is 10.5 Å². The Morgan fingerprint density at radius 3 is 3.07 bits per heavy atom. The van der Waals surface area contributed by atoms with Crippen molar-refractivity contribution < 1.29 is 9.53 Å². The minimum Gasteiger partial charge on any atom is -0.465 e. The zero-order chi connectivity index (χ0) is 11.1. The number of hydrogen-bond acceptors (Lipinski definition) is 5. The second kappa shape index (κ2) is 6.42. The molecule has 1 heterocycles. The van der Waals surface area contributed by atoms with Crippen molar-refractivity contribution in [3.8, 4) is 0 Å². The summed E-state index contributed by atoms with van der Waals surface area (Å²) in [6.45, 7) is 2.12. The van der Waals surface area contributed by atoms with Gasteiger partial charge in [0.05, 0.1) is 11.6 Å². The van der Waals surface area contributed by atoms with E-state index in [0.717, 1.165) is 5.03 Å². The molecule has 15 heavy (non-hydrogen) atoms. The summed E-state index contributed by atoms with van der Waals surface area (Å²) in [5.41, 5.74) is 5.63. The van der Waals surface area contributed by atoms with E-state index in [1.807, 2.05) is 18.2 Å². The molecule has 2 N–H and O–H groups in total. The molecular weight excluding hydrogens is 212 g/mol. The van der Waals surface area contributed by atoms with Crippen LogP contribution in [0, 0.1) is 0 Å². The van der Waals surface area contributed by atoms with Crippen molar-refractivity contribution >= 4 is 17.7 Å². The number of carbonyl (C=O) groups is 1. The lowest BCUT2D eigenvalue weighted by Gasteiger charge is -2.09. The molecule has 0 fully saturated rings. The molecule has 0 aliphatic heterocycles. The van der Waals surface area contributed by atoms with Gasteiger partial charge in [-0.1, -0.05) is 6.07 Å². The zero-order valence-corrected chi connectivity index (χ0v) is 9.37. The van der Waals surface area contributed by atoms with Gasteiger partial charge in [-0.05, 0) is 19.1 Å². The lowest BCUT2D eigenvalue weighted by molar-refractivity contribution is -0.144. The molecule has 1 unspecified atom stereocenters. The van der Waals surface area contributed by atoms with E-state index in [1.54, 1.807) is 13.1 Å². The minimum atomic E-state index is -0.586. The van der Waals surface area contributed by atoms with Gasteiger partial charge in [0.25, 0.3) is 0 Å². The number of ether oxygens (including phenoxy) is 1. The molecule has 0 saturated carbocycles. The molecule has 82 valence electrons. The first kappa shape index (κ1) is 12.0. The molecule has 0 spiro atoms. The fourth-order valence-electron chi connectivity index (χ4n) is 0.925. The van der Waals surface area contributed by atoms with Crippen molar-refractivity contribution in [2.75, 3.05) is 12.4 Å². The maximum atomic E-state index is 11.2. The predicted octanol–water partition coefficient (Wildman–Crippen LogP) is 1.06. The Labute approximate surface area is 93.2 Å². The summed E-state index contributed by atoms with van der Waals surface area (Å²) in [5.74, 6) is 0.122. The van der Waals surface area contributed by atoms with Crippen LogP contribution < -0.4 is 5.73 Å². The van der Waals surface area contributed by atoms with E-state index in [4.69, 9.17) is 10.5 Å². The van der Waals surface area contributed by atoms with Crippen LogP contribution in [0.1, 0.15) is 6.92 Å². The van der Waals surface area contributed by atoms with Gasteiger partial charge in [-0.2, -0.15) is 0 Å². The average molecular weight is 226 g/mol. The van der Waals surface area contributed by atoms with E-state index in [-0.39, 0.29) is 5.97 Å². The second-order valence-corrected chi connectivity index (χ2v) is 3.88. The van der Waals surface area contributed by atoms with E-state index >= 15 is 0 Å². The van der Waals surface area contributed by atoms with Gasteiger partial charge in [-0.25, -0.2) is 4.98 Å². The lowest BCUT2D eigenvalue weighted by Crippen LogP contribution is -2.34. The molecule has 0 aliphatic rings. The number of nitrogens with zero attached hydrogens (tertiary/aromatic N) is 1. The highest BCUT2D eigenvalue weighted by Crippen LogP contribution is 2.14. The Balaban J connectivity index is 2.34. The van der Waals surface area contributed by atoms with Crippen LogP contribution >= 0.6 is 11.8 Å². The van der Waals surface area contributed by atoms with Crippen LogP contribution in [0.15, 0.2) is 29.4 Å². The first-order chi connectivity index (χ1) is 7.24. The Morgan fingerprint density at radius 1 is 1.67 bits per heavy atom. The molecule has 0 radical (unpaired) electrons. The highest BCUT2D eigenvalue weighted by Gasteiger charge is 2.14. The van der Waals surface area contributed by atoms with Crippen LogP contribution in [0.3, 0.4) is 0 Å². The quantitative estimate of drug-likeness (QED) is 0.601. The number of thioether (sulfide) groups is 1. The molecule has 0 aromatic carbocycles. The monoisotopic (exact) mass is 226 g/mol. The molecule has 1 aromatic rings. The molecule has 1 rings (SSSR count). The first-order valence-electron chi connectivity index (χ1n) is 4.70. The fourth-order valence-corrected chi connectivity index (χ4v) is 1.72. The third-order valence-electron chi connectivity index (χ3n) is 1.64. The molecule has 1 atom stereocenters. The van der Waals surface area contributed by atoms with E-state index in [2.05, 4.69) is 4.98 Å². The summed E-state index contributed by atoms with van der Waals surface area (Å²) >= 11 is 1.45. The topological polar surface area (TPSA) is 65.2 Å². The maximum Gasteiger partial charge on any atom is 0.323 e. The third-order valence-corrected chi connectivity index (χ3v) is 2.70. The van der Waals surface area contributed by atoms with Crippen LogP contribution in [0.25, 0.3) is 0 Å². The lowest BCUT2D eigenvalue weighted by atomic mass is 10.4. The molecule has 0 saturated heterocycles. The Bertz CT molecular complexity index is 306. The highest BCUT2D eigenvalue weighted by atomic mass is 32.2. The van der Waals surface area contributed by atoms with Gasteiger partial charge in [0, 0.05) is 11.9 Å². The van der Waals surface area contributed by atoms with Crippen molar-refractivity contribution in [1.82, 2.24) is 4.98 Å². The number of aromatic nitrogens is 1. The van der Waals surface area contributed by atoms with Crippen molar-refractivity contribution in [2.24, 2.45) is 5.73 Å². The summed E-state index contributed by atoms with van der Waals surface area (Å²) in [4.78, 5) is 15.3. The van der Waals surface area contributed by atoms with E-state index < -0.39 is 6.04 Å². The van der Waals surface area contributed by atoms with Crippen LogP contribution in [-0.4, -0.2) is 29.4 Å². The van der Waals surface area contributed by atoms with Crippen LogP contribution in [0.5, 0.6) is 0 Å². The summed E-state index contributed by atoms with van der Waals surface area (Å²) in [7, 11) is 0. The first-order valence-corrected chi connectivity index (χ1v) is 5.68. The van der Waals surface area contributed by atoms with Crippen molar-refractivity contribution in [1.29, 1.82) is 0 Å². The Morgan fingerprint density at radius 2 is 2.47 bits per heavy atom. The standard InChI is InChI=1S/C10H14N2O2S/c1-2-14-10(13)8(11)7-15-9-5-3-4-6-12-9/h3-6,8H,2,7,11H2,1H3. The molecular formula is C10H14N2O2S. The molecule has 4 nitrogen and oxygen atoms in total. The molecule has 1 aromatic heterocycles. The zero-order valence-electron chi connectivity index (χ0n) is 8.55. The van der Waals surface area contributed by atoms with Crippen LogP contribution in [0.2, 0.25) is 0 Å². The number of pyridine rings is 1. The largest absolute Gasteiger partial charge is 0.465 e. The molecule has 5 heteroatoms. The van der Waals surface area contributed by atoms with E-state index in [0.29, 0.717) is 12.4 Å². The van der Waals surface area contributed by atoms with E-state index in [9.17, 15) is 4.79 Å². The van der Waals surface area contributed by atoms with Gasteiger partial charge in [0.1, 0.15) is 6.04 Å². The average Bonchev–Trinajstić information content (AvgIpc) is 2.27.